The van der Waals surface area contributed by atoms with Crippen molar-refractivity contribution in [3.63, 3.8) is 0 Å². The smallest absolute Gasteiger partial charge is 0.289 e. The molecular weight excluding hydrogens is 358 g/mol. The fourth-order valence-electron chi connectivity index (χ4n) is 3.71. The van der Waals surface area contributed by atoms with E-state index in [9.17, 15) is 14.4 Å². The monoisotopic (exact) mass is 381 g/mol. The van der Waals surface area contributed by atoms with Gasteiger partial charge in [0.05, 0.1) is 6.26 Å². The number of piperazine rings is 1. The lowest BCUT2D eigenvalue weighted by Gasteiger charge is -2.36. The molecule has 0 atom stereocenters. The van der Waals surface area contributed by atoms with Gasteiger partial charge in [0.25, 0.3) is 5.91 Å². The second-order valence-electron chi connectivity index (χ2n) is 7.34. The lowest BCUT2D eigenvalue weighted by molar-refractivity contribution is -0.144. The number of carbonyl (C=O) groups is 3. The molecule has 0 unspecified atom stereocenters. The summed E-state index contributed by atoms with van der Waals surface area (Å²) in [5, 5.41) is 0. The van der Waals surface area contributed by atoms with Gasteiger partial charge in [-0.2, -0.15) is 0 Å². The van der Waals surface area contributed by atoms with Crippen molar-refractivity contribution in [1.82, 2.24) is 9.80 Å². The summed E-state index contributed by atoms with van der Waals surface area (Å²) >= 11 is 0. The summed E-state index contributed by atoms with van der Waals surface area (Å²) < 4.78 is 5.16. The van der Waals surface area contributed by atoms with Crippen molar-refractivity contribution < 1.29 is 18.8 Å². The second kappa shape index (κ2) is 7.14. The molecule has 1 saturated heterocycles. The third-order valence-electron chi connectivity index (χ3n) is 5.60. The maximum absolute atomic E-state index is 13.1. The highest BCUT2D eigenvalue weighted by Crippen LogP contribution is 2.49. The number of nitrogens with zero attached hydrogens (tertiary/aromatic N) is 3. The zero-order valence-electron chi connectivity index (χ0n) is 15.8. The largest absolute Gasteiger partial charge is 0.459 e. The number of hydrogen-bond donors (Lipinski definition) is 0. The van der Waals surface area contributed by atoms with Crippen LogP contribution in [0.3, 0.4) is 0 Å². The maximum Gasteiger partial charge on any atom is 0.289 e. The Balaban J connectivity index is 1.40. The number of amides is 3. The Morgan fingerprint density at radius 2 is 1.57 bits per heavy atom. The SMILES string of the molecule is CN(C(=O)C1(C(=O)N2CCN(C(=O)c3ccco3)CC2)CC1)c1ccccc1. The topological polar surface area (TPSA) is 74.1 Å². The highest BCUT2D eigenvalue weighted by atomic mass is 16.3. The molecule has 0 spiro atoms. The summed E-state index contributed by atoms with van der Waals surface area (Å²) in [6.45, 7) is 1.72. The molecule has 1 aromatic heterocycles. The highest BCUT2D eigenvalue weighted by molar-refractivity contribution is 6.13. The molecule has 0 radical (unpaired) electrons. The zero-order chi connectivity index (χ0) is 19.7. The van der Waals surface area contributed by atoms with Crippen molar-refractivity contribution in [3.8, 4) is 0 Å². The fourth-order valence-corrected chi connectivity index (χ4v) is 3.71. The van der Waals surface area contributed by atoms with Gasteiger partial charge in [-0.3, -0.25) is 14.4 Å². The molecule has 1 saturated carbocycles. The van der Waals surface area contributed by atoms with Crippen LogP contribution in [0.5, 0.6) is 0 Å². The summed E-state index contributed by atoms with van der Waals surface area (Å²) in [6, 6.07) is 12.7. The summed E-state index contributed by atoms with van der Waals surface area (Å²) in [4.78, 5) is 43.5. The molecule has 1 aliphatic heterocycles. The summed E-state index contributed by atoms with van der Waals surface area (Å²) in [5.41, 5.74) is -0.168. The van der Waals surface area contributed by atoms with Crippen molar-refractivity contribution >= 4 is 23.4 Å². The molecule has 7 nitrogen and oxygen atoms in total. The Morgan fingerprint density at radius 3 is 2.14 bits per heavy atom. The third kappa shape index (κ3) is 3.17. The molecule has 0 N–H and O–H groups in total. The van der Waals surface area contributed by atoms with Gasteiger partial charge in [0, 0.05) is 38.9 Å². The van der Waals surface area contributed by atoms with Crippen molar-refractivity contribution in [2.24, 2.45) is 5.41 Å². The maximum atomic E-state index is 13.1. The van der Waals surface area contributed by atoms with E-state index in [1.165, 1.54) is 6.26 Å². The lowest BCUT2D eigenvalue weighted by Crippen LogP contribution is -2.54. The van der Waals surface area contributed by atoms with Gasteiger partial charge in [-0.1, -0.05) is 18.2 Å². The normalized spacial score (nSPS) is 17.9. The number of rotatable bonds is 4. The first-order chi connectivity index (χ1) is 13.5. The van der Waals surface area contributed by atoms with E-state index < -0.39 is 5.41 Å². The Kier molecular flexibility index (Phi) is 4.66. The van der Waals surface area contributed by atoms with Gasteiger partial charge in [-0.25, -0.2) is 0 Å². The molecule has 4 rings (SSSR count). The molecule has 7 heteroatoms. The number of hydrogen-bond acceptors (Lipinski definition) is 4. The van der Waals surface area contributed by atoms with E-state index in [2.05, 4.69) is 0 Å². The molecule has 2 aromatic rings. The molecule has 0 bridgehead atoms. The molecule has 2 fully saturated rings. The van der Waals surface area contributed by atoms with Crippen LogP contribution < -0.4 is 4.90 Å². The molecule has 1 aliphatic carbocycles. The average molecular weight is 381 g/mol. The van der Waals surface area contributed by atoms with E-state index in [1.54, 1.807) is 33.9 Å². The quantitative estimate of drug-likeness (QED) is 0.760. The van der Waals surface area contributed by atoms with Crippen molar-refractivity contribution in [2.45, 2.75) is 12.8 Å². The van der Waals surface area contributed by atoms with Crippen LogP contribution in [0.4, 0.5) is 5.69 Å². The highest BCUT2D eigenvalue weighted by Gasteiger charge is 2.59. The van der Waals surface area contributed by atoms with Gasteiger partial charge < -0.3 is 19.1 Å². The Morgan fingerprint density at radius 1 is 0.929 bits per heavy atom. The van der Waals surface area contributed by atoms with Gasteiger partial charge in [0.1, 0.15) is 5.41 Å². The van der Waals surface area contributed by atoms with Crippen LogP contribution in [0, 0.1) is 5.41 Å². The molecular formula is C21H23N3O4. The number of para-hydroxylation sites is 1. The molecule has 2 heterocycles. The Labute approximate surface area is 163 Å². The van der Waals surface area contributed by atoms with Crippen molar-refractivity contribution in [3.05, 3.63) is 54.5 Å². The number of anilines is 1. The van der Waals surface area contributed by atoms with Gasteiger partial charge in [0.15, 0.2) is 5.76 Å². The second-order valence-corrected chi connectivity index (χ2v) is 7.34. The molecule has 146 valence electrons. The first kappa shape index (κ1) is 18.3. The average Bonchev–Trinajstić information content (AvgIpc) is 3.38. The van der Waals surface area contributed by atoms with E-state index in [4.69, 9.17) is 4.42 Å². The standard InChI is InChI=1S/C21H23N3O4/c1-22(16-6-3-2-4-7-16)19(26)21(9-10-21)20(27)24-13-11-23(12-14-24)18(25)17-8-5-15-28-17/h2-8,15H,9-14H2,1H3. The van der Waals surface area contributed by atoms with Crippen LogP contribution in [-0.2, 0) is 9.59 Å². The Hall–Kier alpha value is -3.09. The molecule has 28 heavy (non-hydrogen) atoms. The van der Waals surface area contributed by atoms with Crippen molar-refractivity contribution in [1.29, 1.82) is 0 Å². The summed E-state index contributed by atoms with van der Waals surface area (Å²) in [6.07, 6.45) is 2.62. The molecule has 1 aromatic carbocycles. The van der Waals surface area contributed by atoms with E-state index in [1.807, 2.05) is 30.3 Å². The van der Waals surface area contributed by atoms with E-state index >= 15 is 0 Å². The summed E-state index contributed by atoms with van der Waals surface area (Å²) in [5.74, 6) is -0.139. The fraction of sp³-hybridized carbons (Fsp3) is 0.381. The first-order valence-corrected chi connectivity index (χ1v) is 9.48. The van der Waals surface area contributed by atoms with E-state index in [-0.39, 0.29) is 17.7 Å². The predicted octanol–water partition coefficient (Wildman–Crippen LogP) is 2.01. The molecule has 3 amide bonds. The van der Waals surface area contributed by atoms with Gasteiger partial charge in [-0.15, -0.1) is 0 Å². The first-order valence-electron chi connectivity index (χ1n) is 9.48. The van der Waals surface area contributed by atoms with Crippen LogP contribution in [0.1, 0.15) is 23.4 Å². The number of benzene rings is 1. The summed E-state index contributed by atoms with van der Waals surface area (Å²) in [7, 11) is 1.71. The van der Waals surface area contributed by atoms with Crippen LogP contribution in [0.2, 0.25) is 0 Å². The van der Waals surface area contributed by atoms with Gasteiger partial charge in [0.2, 0.25) is 11.8 Å². The van der Waals surface area contributed by atoms with Crippen LogP contribution >= 0.6 is 0 Å². The minimum atomic E-state index is -0.947. The minimum Gasteiger partial charge on any atom is -0.459 e. The zero-order valence-corrected chi connectivity index (χ0v) is 15.8. The van der Waals surface area contributed by atoms with E-state index in [0.717, 1.165) is 5.69 Å². The predicted molar refractivity (Wildman–Crippen MR) is 103 cm³/mol. The van der Waals surface area contributed by atoms with Gasteiger partial charge in [-0.05, 0) is 37.1 Å². The number of carbonyl (C=O) groups excluding carboxylic acids is 3. The molecule has 2 aliphatic rings. The third-order valence-corrected chi connectivity index (χ3v) is 5.60. The van der Waals surface area contributed by atoms with Crippen LogP contribution in [-0.4, -0.2) is 60.7 Å². The van der Waals surface area contributed by atoms with Gasteiger partial charge >= 0.3 is 0 Å². The minimum absolute atomic E-state index is 0.120. The lowest BCUT2D eigenvalue weighted by atomic mass is 10.0. The number of furan rings is 1. The van der Waals surface area contributed by atoms with E-state index in [0.29, 0.717) is 44.8 Å². The Bertz CT molecular complexity index is 866. The van der Waals surface area contributed by atoms with Crippen molar-refractivity contribution in [2.75, 3.05) is 38.1 Å². The van der Waals surface area contributed by atoms with Crippen LogP contribution in [0.15, 0.2) is 53.1 Å². The van der Waals surface area contributed by atoms with Crippen LogP contribution in [0.25, 0.3) is 0 Å².